The van der Waals surface area contributed by atoms with Gasteiger partial charge in [0.15, 0.2) is 5.96 Å². The molecule has 0 spiro atoms. The molecule has 1 saturated heterocycles. The largest absolute Gasteiger partial charge is 0.378 e. The lowest BCUT2D eigenvalue weighted by molar-refractivity contribution is -0.136. The number of nitrogens with zero attached hydrogens (tertiary/aromatic N) is 2. The van der Waals surface area contributed by atoms with Crippen LogP contribution in [0.25, 0.3) is 0 Å². The standard InChI is InChI=1S/C24H31FN4O2.HI/c1-3-26-24(27-16-19-9-10-22(25)18(2)15-19)28-17-21(20-7-5-4-6-8-20)23(30)29-11-13-31-14-12-29;/h4-10,15,21H,3,11-14,16-17H2,1-2H3,(H2,26,27,28);1H. The topological polar surface area (TPSA) is 66.0 Å². The number of ether oxygens (including phenoxy) is 1. The highest BCUT2D eigenvalue weighted by Crippen LogP contribution is 2.19. The molecule has 0 aromatic heterocycles. The molecule has 3 rings (SSSR count). The van der Waals surface area contributed by atoms with E-state index in [0.29, 0.717) is 57.5 Å². The molecule has 6 nitrogen and oxygen atoms in total. The Morgan fingerprint density at radius 3 is 2.53 bits per heavy atom. The summed E-state index contributed by atoms with van der Waals surface area (Å²) in [5, 5.41) is 6.55. The Morgan fingerprint density at radius 2 is 1.88 bits per heavy atom. The molecule has 2 aromatic carbocycles. The third kappa shape index (κ3) is 7.44. The van der Waals surface area contributed by atoms with Crippen LogP contribution < -0.4 is 10.6 Å². The Morgan fingerprint density at radius 1 is 1.16 bits per heavy atom. The van der Waals surface area contributed by atoms with Crippen molar-refractivity contribution in [3.05, 3.63) is 71.0 Å². The zero-order chi connectivity index (χ0) is 22.1. The Balaban J connectivity index is 0.00000363. The number of carbonyl (C=O) groups is 1. The number of aryl methyl sites for hydroxylation is 1. The lowest BCUT2D eigenvalue weighted by Crippen LogP contribution is -2.47. The lowest BCUT2D eigenvalue weighted by atomic mass is 9.97. The number of amides is 1. The fourth-order valence-corrected chi connectivity index (χ4v) is 3.55. The molecule has 0 bridgehead atoms. The predicted octanol–water partition coefficient (Wildman–Crippen LogP) is 3.45. The van der Waals surface area contributed by atoms with Crippen molar-refractivity contribution in [3.63, 3.8) is 0 Å². The molecule has 1 amide bonds. The van der Waals surface area contributed by atoms with E-state index in [-0.39, 0.29) is 41.6 Å². The van der Waals surface area contributed by atoms with Crippen LogP contribution in [0, 0.1) is 12.7 Å². The molecule has 1 aliphatic heterocycles. The third-order valence-corrected chi connectivity index (χ3v) is 5.28. The third-order valence-electron chi connectivity index (χ3n) is 5.28. The van der Waals surface area contributed by atoms with Gasteiger partial charge in [0.05, 0.1) is 25.7 Å². The first-order valence-electron chi connectivity index (χ1n) is 10.8. The fraction of sp³-hybridized carbons (Fsp3) is 0.417. The van der Waals surface area contributed by atoms with E-state index in [2.05, 4.69) is 15.6 Å². The number of rotatable bonds is 7. The van der Waals surface area contributed by atoms with Crippen LogP contribution in [0.3, 0.4) is 0 Å². The minimum atomic E-state index is -0.323. The van der Waals surface area contributed by atoms with Gasteiger partial charge in [-0.05, 0) is 36.6 Å². The molecule has 8 heteroatoms. The smallest absolute Gasteiger partial charge is 0.232 e. The van der Waals surface area contributed by atoms with Crippen LogP contribution in [-0.2, 0) is 16.1 Å². The van der Waals surface area contributed by atoms with Gasteiger partial charge in [-0.2, -0.15) is 0 Å². The van der Waals surface area contributed by atoms with Gasteiger partial charge >= 0.3 is 0 Å². The van der Waals surface area contributed by atoms with E-state index in [0.717, 1.165) is 11.1 Å². The summed E-state index contributed by atoms with van der Waals surface area (Å²) >= 11 is 0. The van der Waals surface area contributed by atoms with Crippen molar-refractivity contribution in [1.29, 1.82) is 0 Å². The van der Waals surface area contributed by atoms with Gasteiger partial charge in [0, 0.05) is 26.2 Å². The van der Waals surface area contributed by atoms with Crippen LogP contribution in [0.15, 0.2) is 53.5 Å². The van der Waals surface area contributed by atoms with Gasteiger partial charge < -0.3 is 20.3 Å². The van der Waals surface area contributed by atoms with E-state index in [1.54, 1.807) is 19.1 Å². The molecule has 1 heterocycles. The van der Waals surface area contributed by atoms with Gasteiger partial charge in [0.1, 0.15) is 5.82 Å². The highest BCUT2D eigenvalue weighted by Gasteiger charge is 2.27. The van der Waals surface area contributed by atoms with Crippen molar-refractivity contribution in [3.8, 4) is 0 Å². The second-order valence-corrected chi connectivity index (χ2v) is 7.56. The maximum Gasteiger partial charge on any atom is 0.232 e. The van der Waals surface area contributed by atoms with Gasteiger partial charge in [0.25, 0.3) is 0 Å². The molecule has 174 valence electrons. The van der Waals surface area contributed by atoms with Crippen molar-refractivity contribution < 1.29 is 13.9 Å². The van der Waals surface area contributed by atoms with Crippen LogP contribution >= 0.6 is 24.0 Å². The second kappa shape index (κ2) is 13.4. The number of benzene rings is 2. The first kappa shape index (κ1) is 26.1. The minimum Gasteiger partial charge on any atom is -0.378 e. The summed E-state index contributed by atoms with van der Waals surface area (Å²) < 4.78 is 18.9. The summed E-state index contributed by atoms with van der Waals surface area (Å²) in [6.45, 7) is 7.64. The number of nitrogens with one attached hydrogen (secondary N) is 2. The first-order valence-corrected chi connectivity index (χ1v) is 10.8. The van der Waals surface area contributed by atoms with Crippen LogP contribution in [0.1, 0.15) is 29.5 Å². The molecule has 1 unspecified atom stereocenters. The zero-order valence-electron chi connectivity index (χ0n) is 18.6. The van der Waals surface area contributed by atoms with Gasteiger partial charge in [-0.15, -0.1) is 24.0 Å². The Kier molecular flexibility index (Phi) is 10.9. The Hall–Kier alpha value is -2.20. The van der Waals surface area contributed by atoms with E-state index in [1.165, 1.54) is 6.07 Å². The number of carbonyl (C=O) groups excluding carboxylic acids is 1. The number of halogens is 2. The number of hydrogen-bond donors (Lipinski definition) is 2. The number of aliphatic imine (C=N–C) groups is 1. The van der Waals surface area contributed by atoms with E-state index >= 15 is 0 Å². The molecule has 0 saturated carbocycles. The van der Waals surface area contributed by atoms with E-state index < -0.39 is 0 Å². The molecule has 1 aliphatic rings. The van der Waals surface area contributed by atoms with E-state index in [1.807, 2.05) is 42.2 Å². The maximum absolute atomic E-state index is 13.5. The van der Waals surface area contributed by atoms with E-state index in [4.69, 9.17) is 4.74 Å². The zero-order valence-corrected chi connectivity index (χ0v) is 21.0. The summed E-state index contributed by atoms with van der Waals surface area (Å²) in [7, 11) is 0. The van der Waals surface area contributed by atoms with Crippen molar-refractivity contribution >= 4 is 35.8 Å². The number of morpholine rings is 1. The van der Waals surface area contributed by atoms with Crippen LogP contribution in [0.4, 0.5) is 4.39 Å². The average Bonchev–Trinajstić information content (AvgIpc) is 2.81. The summed E-state index contributed by atoms with van der Waals surface area (Å²) in [5.74, 6) is 0.175. The van der Waals surface area contributed by atoms with Crippen molar-refractivity contribution in [2.45, 2.75) is 26.3 Å². The minimum absolute atomic E-state index is 0. The van der Waals surface area contributed by atoms with Crippen LogP contribution in [0.2, 0.25) is 0 Å². The van der Waals surface area contributed by atoms with E-state index in [9.17, 15) is 9.18 Å². The lowest BCUT2D eigenvalue weighted by Gasteiger charge is -2.31. The highest BCUT2D eigenvalue weighted by molar-refractivity contribution is 14.0. The molecule has 2 aromatic rings. The van der Waals surface area contributed by atoms with Crippen molar-refractivity contribution in [2.24, 2.45) is 4.99 Å². The molecular weight excluding hydrogens is 522 g/mol. The first-order chi connectivity index (χ1) is 15.1. The Bertz CT molecular complexity index is 889. The van der Waals surface area contributed by atoms with Crippen molar-refractivity contribution in [1.82, 2.24) is 15.5 Å². The van der Waals surface area contributed by atoms with Gasteiger partial charge in [-0.1, -0.05) is 42.5 Å². The summed E-state index contributed by atoms with van der Waals surface area (Å²) in [6, 6.07) is 14.8. The van der Waals surface area contributed by atoms with Crippen LogP contribution in [-0.4, -0.2) is 56.2 Å². The fourth-order valence-electron chi connectivity index (χ4n) is 3.55. The summed E-state index contributed by atoms with van der Waals surface area (Å²) in [6.07, 6.45) is 0. The van der Waals surface area contributed by atoms with Gasteiger partial charge in [0.2, 0.25) is 5.91 Å². The SMILES string of the molecule is CCNC(=NCc1ccc(F)c(C)c1)NCC(C(=O)N1CCOCC1)c1ccccc1.I. The highest BCUT2D eigenvalue weighted by atomic mass is 127. The Labute approximate surface area is 206 Å². The normalized spacial score (nSPS) is 15.0. The van der Waals surface area contributed by atoms with Gasteiger partial charge in [-0.25, -0.2) is 9.38 Å². The van der Waals surface area contributed by atoms with Crippen molar-refractivity contribution in [2.75, 3.05) is 39.4 Å². The monoisotopic (exact) mass is 554 g/mol. The molecule has 1 atom stereocenters. The predicted molar refractivity (Wildman–Crippen MR) is 136 cm³/mol. The molecule has 32 heavy (non-hydrogen) atoms. The quantitative estimate of drug-likeness (QED) is 0.313. The van der Waals surface area contributed by atoms with Gasteiger partial charge in [-0.3, -0.25) is 4.79 Å². The molecule has 0 aliphatic carbocycles. The maximum atomic E-state index is 13.5. The summed E-state index contributed by atoms with van der Waals surface area (Å²) in [4.78, 5) is 19.7. The molecule has 1 fully saturated rings. The molecule has 0 radical (unpaired) electrons. The molecule has 2 N–H and O–H groups in total. The van der Waals surface area contributed by atoms with Crippen LogP contribution in [0.5, 0.6) is 0 Å². The second-order valence-electron chi connectivity index (χ2n) is 7.56. The summed E-state index contributed by atoms with van der Waals surface area (Å²) in [5.41, 5.74) is 2.50. The average molecular weight is 554 g/mol. The number of hydrogen-bond acceptors (Lipinski definition) is 3. The number of guanidine groups is 1. The molecular formula is C24H32FIN4O2.